The number of hydrogen-bond donors (Lipinski definition) is 1. The molecule has 0 bridgehead atoms. The first-order chi connectivity index (χ1) is 10.7. The van der Waals surface area contributed by atoms with Crippen molar-refractivity contribution in [2.75, 3.05) is 19.0 Å². The highest BCUT2D eigenvalue weighted by molar-refractivity contribution is 5.97. The number of hydrogen-bond acceptors (Lipinski definition) is 3. The van der Waals surface area contributed by atoms with Crippen LogP contribution in [-0.2, 0) is 9.53 Å². The van der Waals surface area contributed by atoms with Crippen LogP contribution >= 0.6 is 0 Å². The zero-order chi connectivity index (χ0) is 17.6. The summed E-state index contributed by atoms with van der Waals surface area (Å²) in [5.74, 6) is 1.16. The van der Waals surface area contributed by atoms with E-state index in [0.29, 0.717) is 18.9 Å². The van der Waals surface area contributed by atoms with Gasteiger partial charge in [-0.3, -0.25) is 4.79 Å². The Morgan fingerprint density at radius 3 is 2.26 bits per heavy atom. The molecule has 0 unspecified atom stereocenters. The largest absolute Gasteiger partial charge is 0.493 e. The summed E-state index contributed by atoms with van der Waals surface area (Å²) < 4.78 is 11.3. The minimum Gasteiger partial charge on any atom is -0.493 e. The highest BCUT2D eigenvalue weighted by Gasteiger charge is 2.34. The van der Waals surface area contributed by atoms with Crippen molar-refractivity contribution >= 4 is 11.6 Å². The Labute approximate surface area is 140 Å². The van der Waals surface area contributed by atoms with Crippen LogP contribution in [0.1, 0.15) is 51.7 Å². The second-order valence-corrected chi connectivity index (χ2v) is 6.77. The highest BCUT2D eigenvalue weighted by atomic mass is 16.5. The minimum absolute atomic E-state index is 0.116. The van der Waals surface area contributed by atoms with E-state index in [2.05, 4.69) is 26.1 Å². The van der Waals surface area contributed by atoms with E-state index in [1.54, 1.807) is 7.11 Å². The molecule has 4 heteroatoms. The molecular weight excluding hydrogens is 290 g/mol. The van der Waals surface area contributed by atoms with Gasteiger partial charge < -0.3 is 14.8 Å². The lowest BCUT2D eigenvalue weighted by molar-refractivity contribution is -0.137. The third kappa shape index (κ3) is 5.24. The molecule has 0 aromatic heterocycles. The SMILES string of the molecule is CCCOc1c(C)cc(NC(=O)[C@](C)(CC(C)C)OC)cc1C. The van der Waals surface area contributed by atoms with Gasteiger partial charge in [0, 0.05) is 12.8 Å². The summed E-state index contributed by atoms with van der Waals surface area (Å²) in [4.78, 5) is 12.6. The van der Waals surface area contributed by atoms with Gasteiger partial charge in [-0.25, -0.2) is 0 Å². The van der Waals surface area contributed by atoms with Gasteiger partial charge in [-0.1, -0.05) is 20.8 Å². The molecule has 0 fully saturated rings. The normalized spacial score (nSPS) is 13.7. The van der Waals surface area contributed by atoms with Crippen molar-refractivity contribution in [2.24, 2.45) is 5.92 Å². The number of amides is 1. The van der Waals surface area contributed by atoms with Gasteiger partial charge in [0.2, 0.25) is 0 Å². The summed E-state index contributed by atoms with van der Waals surface area (Å²) in [6.07, 6.45) is 1.64. The molecule has 0 saturated heterocycles. The third-order valence-electron chi connectivity index (χ3n) is 3.90. The maximum absolute atomic E-state index is 12.6. The predicted molar refractivity (Wildman–Crippen MR) is 95.2 cm³/mol. The number of aryl methyl sites for hydroxylation is 2. The van der Waals surface area contributed by atoms with Gasteiger partial charge in [0.25, 0.3) is 5.91 Å². The van der Waals surface area contributed by atoms with E-state index in [1.807, 2.05) is 32.9 Å². The molecule has 1 aromatic rings. The van der Waals surface area contributed by atoms with E-state index in [4.69, 9.17) is 9.47 Å². The van der Waals surface area contributed by atoms with Crippen LogP contribution in [0.3, 0.4) is 0 Å². The molecule has 0 spiro atoms. The van der Waals surface area contributed by atoms with Gasteiger partial charge in [0.05, 0.1) is 6.61 Å². The molecule has 0 radical (unpaired) electrons. The molecule has 0 aliphatic carbocycles. The Hall–Kier alpha value is -1.55. The van der Waals surface area contributed by atoms with Crippen molar-refractivity contribution in [2.45, 2.75) is 60.0 Å². The summed E-state index contributed by atoms with van der Waals surface area (Å²) in [6, 6.07) is 3.89. The lowest BCUT2D eigenvalue weighted by Crippen LogP contribution is -2.43. The Bertz CT molecular complexity index is 516. The number of carbonyl (C=O) groups excluding carboxylic acids is 1. The second-order valence-electron chi connectivity index (χ2n) is 6.77. The fourth-order valence-electron chi connectivity index (χ4n) is 2.77. The molecule has 4 nitrogen and oxygen atoms in total. The zero-order valence-corrected chi connectivity index (χ0v) is 15.6. The zero-order valence-electron chi connectivity index (χ0n) is 15.6. The van der Waals surface area contributed by atoms with Crippen molar-refractivity contribution in [1.82, 2.24) is 0 Å². The summed E-state index contributed by atoms with van der Waals surface area (Å²) in [7, 11) is 1.58. The van der Waals surface area contributed by atoms with E-state index in [1.165, 1.54) is 0 Å². The summed E-state index contributed by atoms with van der Waals surface area (Å²) in [5, 5.41) is 2.98. The lowest BCUT2D eigenvalue weighted by Gasteiger charge is -2.28. The van der Waals surface area contributed by atoms with Crippen LogP contribution in [0.2, 0.25) is 0 Å². The van der Waals surface area contributed by atoms with Crippen LogP contribution in [0.5, 0.6) is 5.75 Å². The summed E-state index contributed by atoms with van der Waals surface area (Å²) >= 11 is 0. The molecule has 0 aliphatic rings. The number of methoxy groups -OCH3 is 1. The average Bonchev–Trinajstić information content (AvgIpc) is 2.45. The fraction of sp³-hybridized carbons (Fsp3) is 0.632. The summed E-state index contributed by atoms with van der Waals surface area (Å²) in [5.41, 5.74) is 2.00. The van der Waals surface area contributed by atoms with E-state index >= 15 is 0 Å². The molecule has 1 atom stereocenters. The van der Waals surface area contributed by atoms with Crippen LogP contribution in [0.25, 0.3) is 0 Å². The number of rotatable bonds is 8. The Morgan fingerprint density at radius 1 is 1.26 bits per heavy atom. The average molecular weight is 321 g/mol. The number of carbonyl (C=O) groups is 1. The molecule has 1 aromatic carbocycles. The molecule has 1 amide bonds. The lowest BCUT2D eigenvalue weighted by atomic mass is 9.93. The molecule has 23 heavy (non-hydrogen) atoms. The number of nitrogens with one attached hydrogen (secondary N) is 1. The Kier molecular flexibility index (Phi) is 7.07. The Morgan fingerprint density at radius 2 is 1.83 bits per heavy atom. The first-order valence-corrected chi connectivity index (χ1v) is 8.34. The molecule has 0 saturated carbocycles. The van der Waals surface area contributed by atoms with Crippen LogP contribution in [0.15, 0.2) is 12.1 Å². The monoisotopic (exact) mass is 321 g/mol. The third-order valence-corrected chi connectivity index (χ3v) is 3.90. The standard InChI is InChI=1S/C19H31NO3/c1-8-9-23-17-14(4)10-16(11-15(17)5)20-18(21)19(6,22-7)12-13(2)3/h10-11,13H,8-9,12H2,1-7H3,(H,20,21)/t19-/m0/s1. The van der Waals surface area contributed by atoms with Crippen LogP contribution < -0.4 is 10.1 Å². The van der Waals surface area contributed by atoms with Crippen molar-refractivity contribution in [3.8, 4) is 5.75 Å². The maximum atomic E-state index is 12.6. The van der Waals surface area contributed by atoms with Gasteiger partial charge in [-0.15, -0.1) is 0 Å². The molecule has 130 valence electrons. The van der Waals surface area contributed by atoms with Gasteiger partial charge >= 0.3 is 0 Å². The quantitative estimate of drug-likeness (QED) is 0.768. The smallest absolute Gasteiger partial charge is 0.256 e. The van der Waals surface area contributed by atoms with Crippen LogP contribution in [-0.4, -0.2) is 25.2 Å². The highest BCUT2D eigenvalue weighted by Crippen LogP contribution is 2.29. The van der Waals surface area contributed by atoms with E-state index in [-0.39, 0.29) is 5.91 Å². The second kappa shape index (κ2) is 8.34. The van der Waals surface area contributed by atoms with Gasteiger partial charge in [-0.05, 0) is 62.8 Å². The van der Waals surface area contributed by atoms with Gasteiger partial charge in [0.15, 0.2) is 0 Å². The van der Waals surface area contributed by atoms with Crippen molar-refractivity contribution in [3.05, 3.63) is 23.3 Å². The van der Waals surface area contributed by atoms with Gasteiger partial charge in [-0.2, -0.15) is 0 Å². The first kappa shape index (κ1) is 19.5. The summed E-state index contributed by atoms with van der Waals surface area (Å²) in [6.45, 7) is 12.8. The molecule has 0 heterocycles. The number of ether oxygens (including phenoxy) is 2. The predicted octanol–water partition coefficient (Wildman–Crippen LogP) is 4.48. The number of benzene rings is 1. The van der Waals surface area contributed by atoms with Crippen molar-refractivity contribution < 1.29 is 14.3 Å². The van der Waals surface area contributed by atoms with Crippen molar-refractivity contribution in [3.63, 3.8) is 0 Å². The minimum atomic E-state index is -0.826. The number of anilines is 1. The molecule has 0 aliphatic heterocycles. The first-order valence-electron chi connectivity index (χ1n) is 8.34. The van der Waals surface area contributed by atoms with E-state index < -0.39 is 5.60 Å². The van der Waals surface area contributed by atoms with Gasteiger partial charge in [0.1, 0.15) is 11.4 Å². The Balaban J connectivity index is 2.94. The topological polar surface area (TPSA) is 47.6 Å². The molecule has 1 rings (SSSR count). The van der Waals surface area contributed by atoms with Crippen molar-refractivity contribution in [1.29, 1.82) is 0 Å². The fourth-order valence-corrected chi connectivity index (χ4v) is 2.77. The molecule has 1 N–H and O–H groups in total. The van der Waals surface area contributed by atoms with E-state index in [0.717, 1.165) is 29.0 Å². The maximum Gasteiger partial charge on any atom is 0.256 e. The molecular formula is C19H31NO3. The van der Waals surface area contributed by atoms with E-state index in [9.17, 15) is 4.79 Å². The van der Waals surface area contributed by atoms with Crippen LogP contribution in [0, 0.1) is 19.8 Å². The van der Waals surface area contributed by atoms with Crippen LogP contribution in [0.4, 0.5) is 5.69 Å².